The zero-order valence-electron chi connectivity index (χ0n) is 11.4. The Kier molecular flexibility index (Phi) is 3.41. The SMILES string of the molecule is CC(C(=O)O)C1CN(C(=O)c2cc3cc(F)ccc3s2)C1. The minimum absolute atomic E-state index is 0.0123. The number of nitrogens with zero attached hydrogens (tertiary/aromatic N) is 1. The molecule has 0 radical (unpaired) electrons. The van der Waals surface area contributed by atoms with Crippen LogP contribution < -0.4 is 0 Å². The fraction of sp³-hybridized carbons (Fsp3) is 0.333. The molecule has 1 saturated heterocycles. The summed E-state index contributed by atoms with van der Waals surface area (Å²) in [6.45, 7) is 2.60. The van der Waals surface area contributed by atoms with E-state index < -0.39 is 11.9 Å². The summed E-state index contributed by atoms with van der Waals surface area (Å²) in [5.74, 6) is -1.68. The maximum atomic E-state index is 13.2. The van der Waals surface area contributed by atoms with Crippen LogP contribution in [0.1, 0.15) is 16.6 Å². The molecule has 1 aliphatic rings. The minimum atomic E-state index is -0.829. The molecule has 1 fully saturated rings. The smallest absolute Gasteiger partial charge is 0.306 e. The topological polar surface area (TPSA) is 57.6 Å². The third-order valence-electron chi connectivity index (χ3n) is 3.98. The Bertz CT molecular complexity index is 721. The zero-order chi connectivity index (χ0) is 15.1. The molecule has 6 heteroatoms. The average molecular weight is 307 g/mol. The number of amides is 1. The molecule has 1 aromatic heterocycles. The van der Waals surface area contributed by atoms with Crippen molar-refractivity contribution in [2.24, 2.45) is 11.8 Å². The second-order valence-electron chi connectivity index (χ2n) is 5.39. The number of likely N-dealkylation sites (tertiary alicyclic amines) is 1. The maximum absolute atomic E-state index is 13.2. The Morgan fingerprint density at radius 3 is 2.76 bits per heavy atom. The van der Waals surface area contributed by atoms with Crippen molar-refractivity contribution < 1.29 is 19.1 Å². The van der Waals surface area contributed by atoms with E-state index in [0.29, 0.717) is 18.0 Å². The standard InChI is InChI=1S/C15H14FNO3S/c1-8(15(19)20)10-6-17(7-10)14(18)13-5-9-4-11(16)2-3-12(9)21-13/h2-5,8,10H,6-7H2,1H3,(H,19,20). The number of carboxylic acid groups (broad SMARTS) is 1. The zero-order valence-corrected chi connectivity index (χ0v) is 12.2. The van der Waals surface area contributed by atoms with Crippen LogP contribution in [0.4, 0.5) is 4.39 Å². The van der Waals surface area contributed by atoms with E-state index >= 15 is 0 Å². The molecule has 1 N–H and O–H groups in total. The Balaban J connectivity index is 1.72. The van der Waals surface area contributed by atoms with Gasteiger partial charge in [-0.3, -0.25) is 9.59 Å². The lowest BCUT2D eigenvalue weighted by Crippen LogP contribution is -2.53. The van der Waals surface area contributed by atoms with Crippen molar-refractivity contribution in [2.45, 2.75) is 6.92 Å². The lowest BCUT2D eigenvalue weighted by Gasteiger charge is -2.40. The number of aliphatic carboxylic acids is 1. The van der Waals surface area contributed by atoms with Crippen LogP contribution in [0, 0.1) is 17.7 Å². The molecule has 21 heavy (non-hydrogen) atoms. The summed E-state index contributed by atoms with van der Waals surface area (Å²) in [5.41, 5.74) is 0. The van der Waals surface area contributed by atoms with Crippen LogP contribution in [-0.2, 0) is 4.79 Å². The number of carbonyl (C=O) groups excluding carboxylic acids is 1. The van der Waals surface area contributed by atoms with E-state index in [4.69, 9.17) is 5.11 Å². The molecular formula is C15H14FNO3S. The van der Waals surface area contributed by atoms with E-state index in [9.17, 15) is 14.0 Å². The first kappa shape index (κ1) is 14.0. The predicted octanol–water partition coefficient (Wildman–Crippen LogP) is 2.83. The van der Waals surface area contributed by atoms with Gasteiger partial charge in [0.05, 0.1) is 10.8 Å². The van der Waals surface area contributed by atoms with Gasteiger partial charge in [-0.05, 0) is 29.7 Å². The molecule has 1 atom stereocenters. The molecule has 0 aliphatic carbocycles. The summed E-state index contributed by atoms with van der Waals surface area (Å²) in [5, 5.41) is 9.67. The van der Waals surface area contributed by atoms with Crippen molar-refractivity contribution >= 4 is 33.3 Å². The highest BCUT2D eigenvalue weighted by Crippen LogP contribution is 2.31. The normalized spacial score (nSPS) is 16.8. The molecule has 0 bridgehead atoms. The van der Waals surface area contributed by atoms with E-state index in [1.54, 1.807) is 24.0 Å². The minimum Gasteiger partial charge on any atom is -0.481 e. The van der Waals surface area contributed by atoms with Crippen molar-refractivity contribution in [2.75, 3.05) is 13.1 Å². The van der Waals surface area contributed by atoms with Crippen molar-refractivity contribution in [3.8, 4) is 0 Å². The van der Waals surface area contributed by atoms with Crippen molar-refractivity contribution in [3.05, 3.63) is 35.0 Å². The van der Waals surface area contributed by atoms with Crippen molar-refractivity contribution in [1.82, 2.24) is 4.90 Å². The number of thiophene rings is 1. The highest BCUT2D eigenvalue weighted by atomic mass is 32.1. The largest absolute Gasteiger partial charge is 0.481 e. The van der Waals surface area contributed by atoms with Crippen LogP contribution in [-0.4, -0.2) is 35.0 Å². The predicted molar refractivity (Wildman–Crippen MR) is 78.0 cm³/mol. The van der Waals surface area contributed by atoms with Gasteiger partial charge in [0.15, 0.2) is 0 Å². The van der Waals surface area contributed by atoms with Gasteiger partial charge in [-0.15, -0.1) is 11.3 Å². The van der Waals surface area contributed by atoms with E-state index in [1.165, 1.54) is 23.5 Å². The summed E-state index contributed by atoms with van der Waals surface area (Å²) in [6.07, 6.45) is 0. The number of fused-ring (bicyclic) bond motifs is 1. The van der Waals surface area contributed by atoms with Crippen molar-refractivity contribution in [1.29, 1.82) is 0 Å². The molecule has 2 heterocycles. The number of hydrogen-bond donors (Lipinski definition) is 1. The Hall–Kier alpha value is -1.95. The van der Waals surface area contributed by atoms with E-state index in [-0.39, 0.29) is 17.6 Å². The summed E-state index contributed by atoms with van der Waals surface area (Å²) < 4.78 is 14.0. The van der Waals surface area contributed by atoms with E-state index in [1.807, 2.05) is 0 Å². The molecule has 4 nitrogen and oxygen atoms in total. The fourth-order valence-electron chi connectivity index (χ4n) is 2.47. The van der Waals surface area contributed by atoms with Crippen LogP contribution in [0.15, 0.2) is 24.3 Å². The average Bonchev–Trinajstić information content (AvgIpc) is 2.79. The molecular weight excluding hydrogens is 293 g/mol. The first-order chi connectivity index (χ1) is 9.95. The molecule has 1 unspecified atom stereocenters. The van der Waals surface area contributed by atoms with Gasteiger partial charge in [0.2, 0.25) is 0 Å². The summed E-state index contributed by atoms with van der Waals surface area (Å²) in [4.78, 5) is 25.4. The molecule has 1 aromatic carbocycles. The quantitative estimate of drug-likeness (QED) is 0.948. The second-order valence-corrected chi connectivity index (χ2v) is 6.47. The molecule has 1 amide bonds. The number of carbonyl (C=O) groups is 2. The lowest BCUT2D eigenvalue weighted by atomic mass is 9.87. The van der Waals surface area contributed by atoms with Crippen LogP contribution >= 0.6 is 11.3 Å². The Labute approximate surface area is 124 Å². The maximum Gasteiger partial charge on any atom is 0.306 e. The highest BCUT2D eigenvalue weighted by molar-refractivity contribution is 7.20. The van der Waals surface area contributed by atoms with Crippen LogP contribution in [0.25, 0.3) is 10.1 Å². The summed E-state index contributed by atoms with van der Waals surface area (Å²) >= 11 is 1.33. The van der Waals surface area contributed by atoms with Crippen molar-refractivity contribution in [3.63, 3.8) is 0 Å². The van der Waals surface area contributed by atoms with E-state index in [0.717, 1.165) is 10.1 Å². The number of halogens is 1. The number of carboxylic acids is 1. The highest BCUT2D eigenvalue weighted by Gasteiger charge is 2.37. The first-order valence-corrected chi connectivity index (χ1v) is 7.48. The van der Waals surface area contributed by atoms with Gasteiger partial charge >= 0.3 is 5.97 Å². The Morgan fingerprint density at radius 1 is 1.38 bits per heavy atom. The van der Waals surface area contributed by atoms with Crippen LogP contribution in [0.2, 0.25) is 0 Å². The van der Waals surface area contributed by atoms with Gasteiger partial charge in [-0.1, -0.05) is 6.92 Å². The second kappa shape index (κ2) is 5.11. The van der Waals surface area contributed by atoms with Gasteiger partial charge in [0.1, 0.15) is 5.82 Å². The van der Waals surface area contributed by atoms with Gasteiger partial charge in [0, 0.05) is 23.7 Å². The Morgan fingerprint density at radius 2 is 2.10 bits per heavy atom. The monoisotopic (exact) mass is 307 g/mol. The number of hydrogen-bond acceptors (Lipinski definition) is 3. The molecule has 3 rings (SSSR count). The third-order valence-corrected chi connectivity index (χ3v) is 5.09. The van der Waals surface area contributed by atoms with Crippen LogP contribution in [0.3, 0.4) is 0 Å². The molecule has 2 aromatic rings. The fourth-order valence-corrected chi connectivity index (χ4v) is 3.48. The summed E-state index contributed by atoms with van der Waals surface area (Å²) in [7, 11) is 0. The van der Waals surface area contributed by atoms with Gasteiger partial charge in [-0.2, -0.15) is 0 Å². The molecule has 110 valence electrons. The van der Waals surface area contributed by atoms with Gasteiger partial charge < -0.3 is 10.0 Å². The molecule has 0 saturated carbocycles. The summed E-state index contributed by atoms with van der Waals surface area (Å²) in [6, 6.07) is 6.15. The van der Waals surface area contributed by atoms with E-state index in [2.05, 4.69) is 0 Å². The third kappa shape index (κ3) is 2.51. The molecule has 1 aliphatic heterocycles. The number of rotatable bonds is 3. The van der Waals surface area contributed by atoms with Gasteiger partial charge in [-0.25, -0.2) is 4.39 Å². The molecule has 0 spiro atoms. The first-order valence-electron chi connectivity index (χ1n) is 6.67. The van der Waals surface area contributed by atoms with Crippen LogP contribution in [0.5, 0.6) is 0 Å². The lowest BCUT2D eigenvalue weighted by molar-refractivity contribution is -0.144. The number of benzene rings is 1. The van der Waals surface area contributed by atoms with Gasteiger partial charge in [0.25, 0.3) is 5.91 Å².